The number of hydrogen-bond donors (Lipinski definition) is 2. The highest BCUT2D eigenvalue weighted by molar-refractivity contribution is 6.03. The van der Waals surface area contributed by atoms with Gasteiger partial charge in [-0.1, -0.05) is 0 Å². The lowest BCUT2D eigenvalue weighted by atomic mass is 9.88. The topological polar surface area (TPSA) is 91.7 Å². The zero-order valence-corrected chi connectivity index (χ0v) is 15.7. The molecule has 8 nitrogen and oxygen atoms in total. The van der Waals surface area contributed by atoms with Crippen molar-refractivity contribution in [2.75, 3.05) is 13.1 Å². The van der Waals surface area contributed by atoms with Gasteiger partial charge in [-0.05, 0) is 31.7 Å². The molecule has 0 radical (unpaired) electrons. The van der Waals surface area contributed by atoms with Crippen LogP contribution in [0.1, 0.15) is 36.2 Å². The maximum absolute atomic E-state index is 13.1. The molecular formula is C19H21F2N7O. The highest BCUT2D eigenvalue weighted by Gasteiger charge is 2.47. The number of aromatic amines is 1. The summed E-state index contributed by atoms with van der Waals surface area (Å²) in [7, 11) is 0. The van der Waals surface area contributed by atoms with Gasteiger partial charge in [0, 0.05) is 30.7 Å². The Bertz CT molecular complexity index is 1020. The quantitative estimate of drug-likeness (QED) is 0.699. The number of rotatable bonds is 4. The Kier molecular flexibility index (Phi) is 4.30. The molecule has 3 aromatic rings. The Morgan fingerprint density at radius 2 is 2.00 bits per heavy atom. The lowest BCUT2D eigenvalue weighted by Gasteiger charge is -2.46. The SMILES string of the molecule is O=C(N[C@H]1CC[C@H](N2CC(F)(F)C2)CC1)c1nc(-n2ccnc2)nc2cc[nH]c12. The van der Waals surface area contributed by atoms with Gasteiger partial charge in [0.1, 0.15) is 6.33 Å². The second kappa shape index (κ2) is 6.87. The summed E-state index contributed by atoms with van der Waals surface area (Å²) in [5, 5.41) is 3.06. The number of alkyl halides is 2. The number of amides is 1. The van der Waals surface area contributed by atoms with Gasteiger partial charge in [-0.25, -0.2) is 23.7 Å². The number of aromatic nitrogens is 5. The molecular weight excluding hydrogens is 380 g/mol. The van der Waals surface area contributed by atoms with Gasteiger partial charge >= 0.3 is 0 Å². The van der Waals surface area contributed by atoms with E-state index in [1.54, 1.807) is 35.6 Å². The van der Waals surface area contributed by atoms with Gasteiger partial charge in [0.25, 0.3) is 11.8 Å². The molecule has 0 aromatic carbocycles. The van der Waals surface area contributed by atoms with E-state index in [2.05, 4.69) is 25.3 Å². The van der Waals surface area contributed by atoms with Crippen molar-refractivity contribution in [1.82, 2.24) is 34.7 Å². The third-order valence-corrected chi connectivity index (χ3v) is 5.76. The van der Waals surface area contributed by atoms with Crippen LogP contribution in [0.3, 0.4) is 0 Å². The maximum atomic E-state index is 13.1. The van der Waals surface area contributed by atoms with E-state index in [0.29, 0.717) is 17.0 Å². The molecule has 1 amide bonds. The van der Waals surface area contributed by atoms with Crippen molar-refractivity contribution >= 4 is 16.9 Å². The Hall–Kier alpha value is -2.88. The average Bonchev–Trinajstić information content (AvgIpc) is 3.37. The van der Waals surface area contributed by atoms with Crippen LogP contribution in [-0.2, 0) is 0 Å². The molecule has 1 aliphatic carbocycles. The van der Waals surface area contributed by atoms with Crippen molar-refractivity contribution in [2.45, 2.75) is 43.7 Å². The summed E-state index contributed by atoms with van der Waals surface area (Å²) in [6.07, 6.45) is 9.80. The summed E-state index contributed by atoms with van der Waals surface area (Å²) in [5.74, 6) is -2.42. The molecule has 2 N–H and O–H groups in total. The largest absolute Gasteiger partial charge is 0.358 e. The van der Waals surface area contributed by atoms with Gasteiger partial charge < -0.3 is 10.3 Å². The van der Waals surface area contributed by atoms with Crippen LogP contribution in [-0.4, -0.2) is 66.4 Å². The van der Waals surface area contributed by atoms with Crippen LogP contribution in [0.25, 0.3) is 17.0 Å². The van der Waals surface area contributed by atoms with Crippen molar-refractivity contribution in [3.8, 4) is 5.95 Å². The van der Waals surface area contributed by atoms with Gasteiger partial charge in [-0.3, -0.25) is 14.3 Å². The summed E-state index contributed by atoms with van der Waals surface area (Å²) in [4.78, 5) is 30.7. The molecule has 4 heterocycles. The van der Waals surface area contributed by atoms with E-state index in [0.717, 1.165) is 25.7 Å². The van der Waals surface area contributed by atoms with Crippen molar-refractivity contribution in [3.05, 3.63) is 36.7 Å². The van der Waals surface area contributed by atoms with E-state index < -0.39 is 5.92 Å². The lowest BCUT2D eigenvalue weighted by Crippen LogP contribution is -2.60. The molecule has 152 valence electrons. The lowest BCUT2D eigenvalue weighted by molar-refractivity contribution is -0.150. The van der Waals surface area contributed by atoms with Crippen LogP contribution in [0.15, 0.2) is 31.0 Å². The van der Waals surface area contributed by atoms with Crippen LogP contribution in [0.4, 0.5) is 8.78 Å². The summed E-state index contributed by atoms with van der Waals surface area (Å²) < 4.78 is 27.8. The molecule has 1 aliphatic heterocycles. The number of halogens is 2. The highest BCUT2D eigenvalue weighted by Crippen LogP contribution is 2.33. The fourth-order valence-electron chi connectivity index (χ4n) is 4.24. The first-order valence-corrected chi connectivity index (χ1v) is 9.75. The molecule has 1 saturated carbocycles. The number of carbonyl (C=O) groups excluding carboxylic acids is 1. The molecule has 0 unspecified atom stereocenters. The average molecular weight is 401 g/mol. The van der Waals surface area contributed by atoms with E-state index in [9.17, 15) is 13.6 Å². The normalized spacial score (nSPS) is 24.3. The molecule has 2 fully saturated rings. The fraction of sp³-hybridized carbons (Fsp3) is 0.474. The molecule has 0 spiro atoms. The number of fused-ring (bicyclic) bond motifs is 1. The van der Waals surface area contributed by atoms with Crippen molar-refractivity contribution in [3.63, 3.8) is 0 Å². The minimum atomic E-state index is -2.54. The van der Waals surface area contributed by atoms with Gasteiger partial charge in [-0.15, -0.1) is 0 Å². The molecule has 3 aromatic heterocycles. The monoisotopic (exact) mass is 401 g/mol. The summed E-state index contributed by atoms with van der Waals surface area (Å²) >= 11 is 0. The zero-order valence-electron chi connectivity index (χ0n) is 15.7. The van der Waals surface area contributed by atoms with Gasteiger partial charge in [0.05, 0.1) is 24.1 Å². The number of nitrogens with zero attached hydrogens (tertiary/aromatic N) is 5. The first kappa shape index (κ1) is 18.2. The predicted octanol–water partition coefficient (Wildman–Crippen LogP) is 2.14. The van der Waals surface area contributed by atoms with Crippen molar-refractivity contribution in [2.24, 2.45) is 0 Å². The van der Waals surface area contributed by atoms with E-state index in [4.69, 9.17) is 0 Å². The smallest absolute Gasteiger partial charge is 0.272 e. The first-order chi connectivity index (χ1) is 14.0. The van der Waals surface area contributed by atoms with Crippen LogP contribution < -0.4 is 5.32 Å². The Labute approximate surface area is 165 Å². The molecule has 1 saturated heterocycles. The van der Waals surface area contributed by atoms with E-state index in [1.165, 1.54) is 0 Å². The van der Waals surface area contributed by atoms with E-state index in [1.807, 2.05) is 4.90 Å². The number of carbonyl (C=O) groups is 1. The van der Waals surface area contributed by atoms with Crippen LogP contribution in [0.2, 0.25) is 0 Å². The predicted molar refractivity (Wildman–Crippen MR) is 101 cm³/mol. The van der Waals surface area contributed by atoms with Gasteiger partial charge in [-0.2, -0.15) is 0 Å². The fourth-order valence-corrected chi connectivity index (χ4v) is 4.24. The zero-order chi connectivity index (χ0) is 20.0. The summed E-state index contributed by atoms with van der Waals surface area (Å²) in [6.45, 7) is -0.283. The van der Waals surface area contributed by atoms with E-state index in [-0.39, 0.29) is 36.8 Å². The van der Waals surface area contributed by atoms with Crippen LogP contribution in [0, 0.1) is 0 Å². The minimum absolute atomic E-state index is 0.0113. The van der Waals surface area contributed by atoms with Gasteiger partial charge in [0.2, 0.25) is 5.95 Å². The third kappa shape index (κ3) is 3.48. The second-order valence-corrected chi connectivity index (χ2v) is 7.82. The number of H-pyrrole nitrogens is 1. The van der Waals surface area contributed by atoms with Crippen molar-refractivity contribution < 1.29 is 13.6 Å². The highest BCUT2D eigenvalue weighted by atomic mass is 19.3. The van der Waals surface area contributed by atoms with Crippen molar-refractivity contribution in [1.29, 1.82) is 0 Å². The molecule has 5 rings (SSSR count). The minimum Gasteiger partial charge on any atom is -0.358 e. The first-order valence-electron chi connectivity index (χ1n) is 9.75. The number of likely N-dealkylation sites (tertiary alicyclic amines) is 1. The standard InChI is InChI=1S/C19H21F2N7O/c20-19(21)9-28(10-19)13-3-1-12(2-4-13)24-17(29)16-15-14(5-6-23-15)25-18(26-16)27-8-7-22-11-27/h5-8,11-13,23H,1-4,9-10H2,(H,24,29)/t12-,13-. The Balaban J connectivity index is 1.28. The number of hydrogen-bond acceptors (Lipinski definition) is 5. The molecule has 0 bridgehead atoms. The third-order valence-electron chi connectivity index (χ3n) is 5.76. The van der Waals surface area contributed by atoms with Gasteiger partial charge in [0.15, 0.2) is 5.69 Å². The molecule has 10 heteroatoms. The molecule has 29 heavy (non-hydrogen) atoms. The van der Waals surface area contributed by atoms with Crippen LogP contribution in [0.5, 0.6) is 0 Å². The second-order valence-electron chi connectivity index (χ2n) is 7.82. The Morgan fingerprint density at radius 1 is 1.21 bits per heavy atom. The summed E-state index contributed by atoms with van der Waals surface area (Å²) in [5.41, 5.74) is 1.52. The molecule has 2 aliphatic rings. The van der Waals surface area contributed by atoms with E-state index >= 15 is 0 Å². The Morgan fingerprint density at radius 3 is 2.69 bits per heavy atom. The number of nitrogens with one attached hydrogen (secondary N) is 2. The summed E-state index contributed by atoms with van der Waals surface area (Å²) in [6, 6.07) is 1.99. The molecule has 0 atom stereocenters. The van der Waals surface area contributed by atoms with Crippen LogP contribution >= 0.6 is 0 Å². The maximum Gasteiger partial charge on any atom is 0.272 e. The number of imidazole rings is 1.